The summed E-state index contributed by atoms with van der Waals surface area (Å²) in [6.45, 7) is 1.06. The number of halogens is 3. The number of hydrogen-bond acceptors (Lipinski definition) is 3. The minimum absolute atomic E-state index is 0.0200. The van der Waals surface area contributed by atoms with Crippen LogP contribution < -0.4 is 4.74 Å². The fraction of sp³-hybridized carbons (Fsp3) is 0.417. The van der Waals surface area contributed by atoms with Crippen LogP contribution in [0.15, 0.2) is 48.5 Å². The number of piperidine rings is 1. The summed E-state index contributed by atoms with van der Waals surface area (Å²) in [5.41, 5.74) is 0.745. The van der Waals surface area contributed by atoms with Crippen LogP contribution in [-0.2, 0) is 11.0 Å². The average Bonchev–Trinajstić information content (AvgIpc) is 3.59. The van der Waals surface area contributed by atoms with Gasteiger partial charge in [-0.1, -0.05) is 12.1 Å². The molecule has 0 radical (unpaired) electrons. The monoisotopic (exact) mass is 431 g/mol. The lowest BCUT2D eigenvalue weighted by molar-refractivity contribution is -0.137. The molecule has 4 nitrogen and oxygen atoms in total. The fourth-order valence-electron chi connectivity index (χ4n) is 4.34. The number of carbonyl (C=O) groups is 2. The zero-order valence-electron chi connectivity index (χ0n) is 17.2. The summed E-state index contributed by atoms with van der Waals surface area (Å²) in [6.07, 6.45) is -2.46. The zero-order valence-corrected chi connectivity index (χ0v) is 17.2. The predicted molar refractivity (Wildman–Crippen MR) is 109 cm³/mol. The van der Waals surface area contributed by atoms with Crippen molar-refractivity contribution >= 4 is 11.7 Å². The van der Waals surface area contributed by atoms with Crippen molar-refractivity contribution in [2.24, 2.45) is 11.8 Å². The largest absolute Gasteiger partial charge is 0.497 e. The third-order valence-corrected chi connectivity index (χ3v) is 6.33. The Morgan fingerprint density at radius 2 is 1.58 bits per heavy atom. The molecule has 4 rings (SSSR count). The third-order valence-electron chi connectivity index (χ3n) is 6.33. The van der Waals surface area contributed by atoms with Gasteiger partial charge < -0.3 is 9.64 Å². The Balaban J connectivity index is 1.30. The zero-order chi connectivity index (χ0) is 22.2. The number of carbonyl (C=O) groups excluding carboxylic acids is 2. The van der Waals surface area contributed by atoms with Gasteiger partial charge in [0.1, 0.15) is 5.75 Å². The van der Waals surface area contributed by atoms with Gasteiger partial charge in [-0.2, -0.15) is 13.2 Å². The molecule has 0 spiro atoms. The molecule has 1 aliphatic carbocycles. The Morgan fingerprint density at radius 1 is 0.968 bits per heavy atom. The van der Waals surface area contributed by atoms with Gasteiger partial charge in [-0.15, -0.1) is 0 Å². The second kappa shape index (κ2) is 8.36. The van der Waals surface area contributed by atoms with Gasteiger partial charge >= 0.3 is 6.18 Å². The summed E-state index contributed by atoms with van der Waals surface area (Å²) in [5, 5.41) is 0. The van der Waals surface area contributed by atoms with Crippen LogP contribution in [0.4, 0.5) is 13.2 Å². The Kier molecular flexibility index (Phi) is 5.77. The van der Waals surface area contributed by atoms with Crippen molar-refractivity contribution in [3.63, 3.8) is 0 Å². The molecule has 1 saturated heterocycles. The fourth-order valence-corrected chi connectivity index (χ4v) is 4.34. The van der Waals surface area contributed by atoms with Crippen molar-refractivity contribution in [1.29, 1.82) is 0 Å². The Labute approximate surface area is 179 Å². The molecule has 0 N–H and O–H groups in total. The van der Waals surface area contributed by atoms with E-state index < -0.39 is 11.7 Å². The van der Waals surface area contributed by atoms with E-state index in [1.54, 1.807) is 36.3 Å². The summed E-state index contributed by atoms with van der Waals surface area (Å²) in [5.74, 6) is 0.523. The number of hydrogen-bond donors (Lipinski definition) is 0. The van der Waals surface area contributed by atoms with Gasteiger partial charge in [0.15, 0.2) is 5.78 Å². The Hall–Kier alpha value is -2.83. The van der Waals surface area contributed by atoms with Crippen molar-refractivity contribution < 1.29 is 27.5 Å². The molecule has 2 atom stereocenters. The van der Waals surface area contributed by atoms with Crippen LogP contribution in [0.3, 0.4) is 0 Å². The molecular formula is C24H24F3NO3. The molecule has 164 valence electrons. The van der Waals surface area contributed by atoms with E-state index in [0.29, 0.717) is 43.7 Å². The number of rotatable bonds is 5. The van der Waals surface area contributed by atoms with Crippen molar-refractivity contribution in [3.8, 4) is 5.75 Å². The number of likely N-dealkylation sites (tertiary alicyclic amines) is 1. The van der Waals surface area contributed by atoms with E-state index in [-0.39, 0.29) is 29.4 Å². The van der Waals surface area contributed by atoms with Crippen LogP contribution in [0.2, 0.25) is 0 Å². The van der Waals surface area contributed by atoms with E-state index in [0.717, 1.165) is 17.7 Å². The summed E-state index contributed by atoms with van der Waals surface area (Å²) in [6, 6.07) is 12.1. The van der Waals surface area contributed by atoms with Gasteiger partial charge in [-0.3, -0.25) is 9.59 Å². The summed E-state index contributed by atoms with van der Waals surface area (Å²) in [4.78, 5) is 27.4. The molecule has 2 aromatic rings. The highest BCUT2D eigenvalue weighted by molar-refractivity contribution is 5.98. The molecular weight excluding hydrogens is 407 g/mol. The standard InChI is InChI=1S/C24H24F3NO3/c1-31-19-8-4-16(5-9-19)22(29)17-10-12-28(13-11-17)23(30)21-14-20(21)15-2-6-18(7-3-15)24(25,26)27/h2-9,17,20-21H,10-14H2,1H3. The number of Topliss-reactive ketones (excluding diaryl/α,β-unsaturated/α-hetero) is 1. The number of ketones is 1. The van der Waals surface area contributed by atoms with Crippen molar-refractivity contribution in [1.82, 2.24) is 4.90 Å². The molecule has 1 saturated carbocycles. The lowest BCUT2D eigenvalue weighted by Gasteiger charge is -2.31. The van der Waals surface area contributed by atoms with Crippen molar-refractivity contribution in [2.75, 3.05) is 20.2 Å². The number of amides is 1. The number of ether oxygens (including phenoxy) is 1. The minimum Gasteiger partial charge on any atom is -0.497 e. The maximum atomic E-state index is 12.8. The van der Waals surface area contributed by atoms with Crippen LogP contribution in [0, 0.1) is 11.8 Å². The minimum atomic E-state index is -4.36. The predicted octanol–water partition coefficient (Wildman–Crippen LogP) is 4.94. The maximum absolute atomic E-state index is 12.8. The topological polar surface area (TPSA) is 46.6 Å². The van der Waals surface area contributed by atoms with Crippen LogP contribution in [0.1, 0.15) is 46.7 Å². The van der Waals surface area contributed by atoms with Crippen LogP contribution in [-0.4, -0.2) is 36.8 Å². The van der Waals surface area contributed by atoms with E-state index in [4.69, 9.17) is 4.74 Å². The van der Waals surface area contributed by atoms with E-state index >= 15 is 0 Å². The van der Waals surface area contributed by atoms with Gasteiger partial charge in [0.2, 0.25) is 5.91 Å². The molecule has 2 fully saturated rings. The van der Waals surface area contributed by atoms with Crippen LogP contribution >= 0.6 is 0 Å². The SMILES string of the molecule is COc1ccc(C(=O)C2CCN(C(=O)C3CC3c3ccc(C(F)(F)F)cc3)CC2)cc1. The molecule has 0 aromatic heterocycles. The van der Waals surface area contributed by atoms with E-state index in [2.05, 4.69) is 0 Å². The van der Waals surface area contributed by atoms with Gasteiger partial charge in [0.25, 0.3) is 0 Å². The molecule has 31 heavy (non-hydrogen) atoms. The third kappa shape index (κ3) is 4.60. The lowest BCUT2D eigenvalue weighted by Crippen LogP contribution is -2.41. The molecule has 0 bridgehead atoms. The highest BCUT2D eigenvalue weighted by Crippen LogP contribution is 2.49. The molecule has 1 amide bonds. The first-order valence-corrected chi connectivity index (χ1v) is 10.4. The van der Waals surface area contributed by atoms with E-state index in [9.17, 15) is 22.8 Å². The molecule has 1 aliphatic heterocycles. The number of alkyl halides is 3. The Bertz CT molecular complexity index is 946. The molecule has 7 heteroatoms. The van der Waals surface area contributed by atoms with Crippen LogP contribution in [0.25, 0.3) is 0 Å². The van der Waals surface area contributed by atoms with E-state index in [1.165, 1.54) is 12.1 Å². The number of nitrogens with zero attached hydrogens (tertiary/aromatic N) is 1. The van der Waals surface area contributed by atoms with Crippen molar-refractivity contribution in [2.45, 2.75) is 31.4 Å². The molecule has 2 unspecified atom stereocenters. The first-order chi connectivity index (χ1) is 14.8. The molecule has 2 aromatic carbocycles. The number of methoxy groups -OCH3 is 1. The first kappa shape index (κ1) is 21.4. The first-order valence-electron chi connectivity index (χ1n) is 10.4. The average molecular weight is 431 g/mol. The maximum Gasteiger partial charge on any atom is 0.416 e. The summed E-state index contributed by atoms with van der Waals surface area (Å²) < 4.78 is 43.3. The van der Waals surface area contributed by atoms with Crippen molar-refractivity contribution in [3.05, 3.63) is 65.2 Å². The number of benzene rings is 2. The van der Waals surface area contributed by atoms with Gasteiger partial charge in [-0.05, 0) is 67.1 Å². The second-order valence-electron chi connectivity index (χ2n) is 8.26. The van der Waals surface area contributed by atoms with Gasteiger partial charge in [0.05, 0.1) is 12.7 Å². The highest BCUT2D eigenvalue weighted by Gasteiger charge is 2.46. The molecule has 1 heterocycles. The summed E-state index contributed by atoms with van der Waals surface area (Å²) in [7, 11) is 1.57. The van der Waals surface area contributed by atoms with E-state index in [1.807, 2.05) is 0 Å². The molecule has 2 aliphatic rings. The quantitative estimate of drug-likeness (QED) is 0.630. The van der Waals surface area contributed by atoms with Gasteiger partial charge in [-0.25, -0.2) is 0 Å². The van der Waals surface area contributed by atoms with Crippen LogP contribution in [0.5, 0.6) is 5.75 Å². The highest BCUT2D eigenvalue weighted by atomic mass is 19.4. The Morgan fingerprint density at radius 3 is 2.13 bits per heavy atom. The summed E-state index contributed by atoms with van der Waals surface area (Å²) >= 11 is 0. The van der Waals surface area contributed by atoms with Gasteiger partial charge in [0, 0.05) is 30.5 Å². The lowest BCUT2D eigenvalue weighted by atomic mass is 9.88. The smallest absolute Gasteiger partial charge is 0.416 e. The second-order valence-corrected chi connectivity index (χ2v) is 8.26. The normalized spacial score (nSPS) is 21.6.